The van der Waals surface area contributed by atoms with Gasteiger partial charge in [0.25, 0.3) is 0 Å². The second-order valence-corrected chi connectivity index (χ2v) is 8.22. The summed E-state index contributed by atoms with van der Waals surface area (Å²) in [6.45, 7) is 6.97. The molecule has 1 heterocycles. The van der Waals surface area contributed by atoms with Gasteiger partial charge in [0.05, 0.1) is 0 Å². The van der Waals surface area contributed by atoms with Crippen LogP contribution < -0.4 is 0 Å². The monoisotopic (exact) mass is 360 g/mol. The van der Waals surface area contributed by atoms with Gasteiger partial charge in [-0.3, -0.25) is 4.79 Å². The zero-order valence-electron chi connectivity index (χ0n) is 16.1. The maximum Gasteiger partial charge on any atom is 0.225 e. The molecular formula is C22H33FN2O. The van der Waals surface area contributed by atoms with E-state index in [4.69, 9.17) is 0 Å². The average molecular weight is 361 g/mol. The lowest BCUT2D eigenvalue weighted by Gasteiger charge is -2.29. The van der Waals surface area contributed by atoms with Crippen molar-refractivity contribution < 1.29 is 9.18 Å². The van der Waals surface area contributed by atoms with Crippen LogP contribution in [0.5, 0.6) is 0 Å². The summed E-state index contributed by atoms with van der Waals surface area (Å²) < 4.78 is 13.4. The van der Waals surface area contributed by atoms with Crippen LogP contribution in [0.2, 0.25) is 0 Å². The van der Waals surface area contributed by atoms with Gasteiger partial charge in [-0.25, -0.2) is 4.39 Å². The molecule has 1 aliphatic carbocycles. The predicted octanol–water partition coefficient (Wildman–Crippen LogP) is 4.12. The zero-order chi connectivity index (χ0) is 18.4. The van der Waals surface area contributed by atoms with Gasteiger partial charge in [-0.15, -0.1) is 0 Å². The molecule has 1 aromatic rings. The van der Waals surface area contributed by atoms with Crippen molar-refractivity contribution in [3.05, 3.63) is 35.6 Å². The third-order valence-electron chi connectivity index (χ3n) is 5.99. The van der Waals surface area contributed by atoms with E-state index in [-0.39, 0.29) is 17.6 Å². The van der Waals surface area contributed by atoms with Crippen molar-refractivity contribution in [3.63, 3.8) is 0 Å². The van der Waals surface area contributed by atoms with Gasteiger partial charge >= 0.3 is 0 Å². The molecule has 26 heavy (non-hydrogen) atoms. The summed E-state index contributed by atoms with van der Waals surface area (Å²) in [5.41, 5.74) is 0.902. The van der Waals surface area contributed by atoms with Gasteiger partial charge in [-0.05, 0) is 55.8 Å². The topological polar surface area (TPSA) is 23.6 Å². The normalized spacial score (nSPS) is 21.4. The van der Waals surface area contributed by atoms with Crippen molar-refractivity contribution in [2.45, 2.75) is 51.9 Å². The first-order valence-electron chi connectivity index (χ1n) is 10.4. The Labute approximate surface area is 157 Å². The molecule has 144 valence electrons. The number of nitrogens with zero attached hydrogens (tertiary/aromatic N) is 2. The van der Waals surface area contributed by atoms with Crippen LogP contribution in [0.3, 0.4) is 0 Å². The first-order valence-corrected chi connectivity index (χ1v) is 10.4. The van der Waals surface area contributed by atoms with Gasteiger partial charge in [0.1, 0.15) is 5.82 Å². The Balaban J connectivity index is 1.48. The number of benzene rings is 1. The lowest BCUT2D eigenvalue weighted by atomic mass is 9.89. The fourth-order valence-electron chi connectivity index (χ4n) is 4.53. The molecule has 2 aliphatic rings. The molecular weight excluding hydrogens is 327 g/mol. The Morgan fingerprint density at radius 1 is 1.12 bits per heavy atom. The van der Waals surface area contributed by atoms with Crippen molar-refractivity contribution in [2.75, 3.05) is 32.7 Å². The third-order valence-corrected chi connectivity index (χ3v) is 5.99. The number of carbonyl (C=O) groups is 1. The van der Waals surface area contributed by atoms with Crippen molar-refractivity contribution in [1.29, 1.82) is 0 Å². The second kappa shape index (κ2) is 9.50. The van der Waals surface area contributed by atoms with Crippen LogP contribution >= 0.6 is 0 Å². The maximum absolute atomic E-state index is 13.4. The van der Waals surface area contributed by atoms with Crippen LogP contribution in [0.1, 0.15) is 51.0 Å². The van der Waals surface area contributed by atoms with E-state index in [0.717, 1.165) is 44.1 Å². The zero-order valence-corrected chi connectivity index (χ0v) is 16.1. The second-order valence-electron chi connectivity index (χ2n) is 8.22. The van der Waals surface area contributed by atoms with E-state index in [1.54, 1.807) is 6.07 Å². The molecule has 1 aromatic carbocycles. The van der Waals surface area contributed by atoms with Crippen molar-refractivity contribution in [3.8, 4) is 0 Å². The van der Waals surface area contributed by atoms with Crippen molar-refractivity contribution in [2.24, 2.45) is 11.8 Å². The molecule has 3 rings (SSSR count). The van der Waals surface area contributed by atoms with Crippen LogP contribution in [-0.4, -0.2) is 48.4 Å². The van der Waals surface area contributed by atoms with Gasteiger partial charge < -0.3 is 9.80 Å². The number of halogens is 1. The van der Waals surface area contributed by atoms with E-state index in [9.17, 15) is 9.18 Å². The highest BCUT2D eigenvalue weighted by Crippen LogP contribution is 2.25. The number of rotatable bonds is 5. The largest absolute Gasteiger partial charge is 0.341 e. The molecule has 1 saturated carbocycles. The third kappa shape index (κ3) is 5.54. The van der Waals surface area contributed by atoms with E-state index in [1.807, 2.05) is 17.9 Å². The van der Waals surface area contributed by atoms with Gasteiger partial charge in [0.2, 0.25) is 5.91 Å². The summed E-state index contributed by atoms with van der Waals surface area (Å²) in [4.78, 5) is 17.5. The van der Waals surface area contributed by atoms with Crippen LogP contribution in [0, 0.1) is 17.7 Å². The molecule has 2 fully saturated rings. The van der Waals surface area contributed by atoms with Gasteiger partial charge in [-0.1, -0.05) is 38.3 Å². The van der Waals surface area contributed by atoms with Gasteiger partial charge in [-0.2, -0.15) is 0 Å². The Morgan fingerprint density at radius 2 is 1.92 bits per heavy atom. The van der Waals surface area contributed by atoms with Crippen molar-refractivity contribution >= 4 is 5.91 Å². The first-order chi connectivity index (χ1) is 12.6. The molecule has 4 heteroatoms. The smallest absolute Gasteiger partial charge is 0.225 e. The highest BCUT2D eigenvalue weighted by Gasteiger charge is 2.25. The Hall–Kier alpha value is -1.42. The van der Waals surface area contributed by atoms with E-state index in [1.165, 1.54) is 50.8 Å². The summed E-state index contributed by atoms with van der Waals surface area (Å²) in [7, 11) is 0. The first kappa shape index (κ1) is 19.3. The number of carbonyl (C=O) groups excluding carboxylic acids is 1. The quantitative estimate of drug-likeness (QED) is 0.789. The SMILES string of the molecule is CC(Cc1cccc(F)c1)C(=O)N1CCCN(CC2CCCCC2)CC1. The predicted molar refractivity (Wildman–Crippen MR) is 103 cm³/mol. The highest BCUT2D eigenvalue weighted by molar-refractivity contribution is 5.78. The van der Waals surface area contributed by atoms with Gasteiger partial charge in [0.15, 0.2) is 0 Å². The summed E-state index contributed by atoms with van der Waals surface area (Å²) in [6.07, 6.45) is 8.61. The van der Waals surface area contributed by atoms with Gasteiger partial charge in [0, 0.05) is 32.1 Å². The molecule has 1 aliphatic heterocycles. The maximum atomic E-state index is 13.4. The fraction of sp³-hybridized carbons (Fsp3) is 0.682. The standard InChI is InChI=1S/C22H33FN2O/c1-18(15-20-9-5-10-21(23)16-20)22(26)25-12-6-11-24(13-14-25)17-19-7-3-2-4-8-19/h5,9-10,16,18-19H,2-4,6-8,11-15,17H2,1H3. The number of amides is 1. The van der Waals surface area contributed by atoms with Crippen LogP contribution in [0.4, 0.5) is 4.39 Å². The Bertz CT molecular complexity index is 585. The molecule has 0 aromatic heterocycles. The van der Waals surface area contributed by atoms with Crippen LogP contribution in [-0.2, 0) is 11.2 Å². The molecule has 1 amide bonds. The van der Waals surface area contributed by atoms with E-state index in [2.05, 4.69) is 4.90 Å². The summed E-state index contributed by atoms with van der Waals surface area (Å²) in [6, 6.07) is 6.61. The minimum absolute atomic E-state index is 0.0957. The fourth-order valence-corrected chi connectivity index (χ4v) is 4.53. The molecule has 1 saturated heterocycles. The molecule has 0 spiro atoms. The Morgan fingerprint density at radius 3 is 2.69 bits per heavy atom. The Kier molecular flexibility index (Phi) is 7.07. The molecule has 1 atom stereocenters. The van der Waals surface area contributed by atoms with E-state index in [0.29, 0.717) is 6.42 Å². The molecule has 1 unspecified atom stereocenters. The van der Waals surface area contributed by atoms with Crippen LogP contribution in [0.25, 0.3) is 0 Å². The van der Waals surface area contributed by atoms with E-state index < -0.39 is 0 Å². The minimum atomic E-state index is -0.227. The average Bonchev–Trinajstić information content (AvgIpc) is 2.87. The van der Waals surface area contributed by atoms with Crippen molar-refractivity contribution in [1.82, 2.24) is 9.80 Å². The summed E-state index contributed by atoms with van der Waals surface area (Å²) in [5, 5.41) is 0. The lowest BCUT2D eigenvalue weighted by Crippen LogP contribution is -2.39. The highest BCUT2D eigenvalue weighted by atomic mass is 19.1. The minimum Gasteiger partial charge on any atom is -0.341 e. The van der Waals surface area contributed by atoms with E-state index >= 15 is 0 Å². The molecule has 0 bridgehead atoms. The van der Waals surface area contributed by atoms with Crippen LogP contribution in [0.15, 0.2) is 24.3 Å². The lowest BCUT2D eigenvalue weighted by molar-refractivity contribution is -0.134. The number of hydrogen-bond donors (Lipinski definition) is 0. The molecule has 3 nitrogen and oxygen atoms in total. The molecule has 0 radical (unpaired) electrons. The number of hydrogen-bond acceptors (Lipinski definition) is 2. The molecule has 0 N–H and O–H groups in total. The summed E-state index contributed by atoms with van der Waals surface area (Å²) >= 11 is 0. The summed E-state index contributed by atoms with van der Waals surface area (Å²) in [5.74, 6) is 0.753.